The van der Waals surface area contributed by atoms with E-state index in [1.807, 2.05) is 18.5 Å². The molecule has 0 radical (unpaired) electrons. The molecule has 3 fully saturated rings. The summed E-state index contributed by atoms with van der Waals surface area (Å²) in [5, 5.41) is 20.5. The number of cyclic esters (lactones) is 1. The number of methoxy groups -OCH3 is 1. The maximum Gasteiger partial charge on any atom is 0.324 e. The van der Waals surface area contributed by atoms with Gasteiger partial charge in [0.1, 0.15) is 30.4 Å². The molecule has 2 aromatic heterocycles. The maximum atomic E-state index is 14.7. The van der Waals surface area contributed by atoms with Crippen LogP contribution in [0.4, 0.5) is 0 Å². The number of nitrogens with zero attached hydrogens (tertiary/aromatic N) is 6. The molecular formula is C48H65N9O8S. The highest BCUT2D eigenvalue weighted by Gasteiger charge is 2.44. The zero-order valence-corrected chi connectivity index (χ0v) is 40.0. The monoisotopic (exact) mass is 927 g/mol. The third-order valence-electron chi connectivity index (χ3n) is 13.9. The number of rotatable bonds is 11. The Balaban J connectivity index is 1.16. The zero-order valence-electron chi connectivity index (χ0n) is 39.2. The van der Waals surface area contributed by atoms with Gasteiger partial charge >= 0.3 is 5.97 Å². The molecule has 6 atom stereocenters. The summed E-state index contributed by atoms with van der Waals surface area (Å²) in [6, 6.07) is 2.86. The first-order valence-corrected chi connectivity index (χ1v) is 24.3. The maximum absolute atomic E-state index is 14.7. The van der Waals surface area contributed by atoms with Crippen LogP contribution in [0.25, 0.3) is 27.7 Å². The summed E-state index contributed by atoms with van der Waals surface area (Å²) in [6.07, 6.45) is 7.34. The standard InChI is InChI=1S/C48H65N9O8S/c1-8-56-36-18-17-29-21-31(36)32(42(56)30-15-11-19-49-39(30)27(2)64-7)23-48(3,4)26-65-47(63)33-16-12-20-57(53-33)45(61)34(22-37-50-35(29)25-66-37)51-44(60)41(28-13-9-10-14-28)55(6)38(58)24-54(5)46(62)40-43(59)52-40/h17-19,21,25,27-28,33-34,40-41,43,52-53,59H,8-16,20,22-24,26H2,1-7H3,(H,51,60)/t27-,33-,34-,40+,41-,43+/m0/s1. The van der Waals surface area contributed by atoms with Crippen molar-refractivity contribution in [2.24, 2.45) is 16.3 Å². The normalized spacial score (nSPS) is 24.5. The summed E-state index contributed by atoms with van der Waals surface area (Å²) in [5.74, 6) is -2.38. The lowest BCUT2D eigenvalue weighted by Gasteiger charge is -2.37. The second-order valence-corrected chi connectivity index (χ2v) is 20.3. The first kappa shape index (κ1) is 47.5. The number of nitrogens with one attached hydrogen (secondary N) is 3. The Kier molecular flexibility index (Phi) is 14.2. The van der Waals surface area contributed by atoms with E-state index in [1.54, 1.807) is 14.2 Å². The van der Waals surface area contributed by atoms with Crippen LogP contribution in [-0.4, -0.2) is 143 Å². The van der Waals surface area contributed by atoms with E-state index in [-0.39, 0.29) is 31.6 Å². The highest BCUT2D eigenvalue weighted by molar-refractivity contribution is 7.10. The van der Waals surface area contributed by atoms with Crippen LogP contribution in [0.5, 0.6) is 0 Å². The molecule has 2 saturated heterocycles. The fourth-order valence-corrected chi connectivity index (χ4v) is 11.0. The van der Waals surface area contributed by atoms with Crippen LogP contribution in [0.2, 0.25) is 0 Å². The number of aryl methyl sites for hydroxylation is 1. The van der Waals surface area contributed by atoms with E-state index in [4.69, 9.17) is 19.5 Å². The molecule has 4 amide bonds. The van der Waals surface area contributed by atoms with Gasteiger partial charge in [0.2, 0.25) is 17.7 Å². The van der Waals surface area contributed by atoms with Crippen molar-refractivity contribution in [2.45, 2.75) is 135 Å². The number of aliphatic hydroxyl groups is 1. The number of carbonyl (C=O) groups excluding carboxylic acids is 5. The van der Waals surface area contributed by atoms with Gasteiger partial charge in [-0.3, -0.25) is 39.3 Å². The summed E-state index contributed by atoms with van der Waals surface area (Å²) < 4.78 is 14.3. The van der Waals surface area contributed by atoms with Crippen LogP contribution in [-0.2, 0) is 52.8 Å². The van der Waals surface area contributed by atoms with Crippen LogP contribution in [0.15, 0.2) is 34.3 Å². The van der Waals surface area contributed by atoms with Crippen LogP contribution in [0.3, 0.4) is 0 Å². The summed E-state index contributed by atoms with van der Waals surface area (Å²) in [6.45, 7) is 9.27. The molecule has 356 valence electrons. The molecule has 5 aliphatic rings. The lowest BCUT2D eigenvalue weighted by molar-refractivity contribution is -0.155. The van der Waals surface area contributed by atoms with Gasteiger partial charge in [-0.05, 0) is 82.4 Å². The molecule has 0 spiro atoms. The van der Waals surface area contributed by atoms with Gasteiger partial charge in [0.15, 0.2) is 0 Å². The van der Waals surface area contributed by atoms with Crippen molar-refractivity contribution in [1.82, 2.24) is 40.4 Å². The molecule has 3 aromatic rings. The van der Waals surface area contributed by atoms with Crippen LogP contribution in [0, 0.1) is 11.3 Å². The van der Waals surface area contributed by atoms with E-state index in [2.05, 4.69) is 59.6 Å². The Morgan fingerprint density at radius 1 is 1.14 bits per heavy atom. The number of ether oxygens (including phenoxy) is 2. The van der Waals surface area contributed by atoms with Crippen molar-refractivity contribution in [2.75, 3.05) is 40.9 Å². The topological polar surface area (TPSA) is 210 Å². The minimum absolute atomic E-state index is 0.0682. The van der Waals surface area contributed by atoms with Crippen molar-refractivity contribution in [1.29, 1.82) is 0 Å². The average molecular weight is 928 g/mol. The fourth-order valence-electron chi connectivity index (χ4n) is 10.2. The predicted molar refractivity (Wildman–Crippen MR) is 251 cm³/mol. The summed E-state index contributed by atoms with van der Waals surface area (Å²) >= 11 is 1.41. The Hall–Kier alpha value is -5.01. The van der Waals surface area contributed by atoms with Crippen molar-refractivity contribution >= 4 is 63.6 Å². The van der Waals surface area contributed by atoms with Gasteiger partial charge in [-0.15, -0.1) is 11.3 Å². The van der Waals surface area contributed by atoms with Gasteiger partial charge in [-0.25, -0.2) is 10.4 Å². The van der Waals surface area contributed by atoms with E-state index in [9.17, 15) is 29.1 Å². The first-order valence-electron chi connectivity index (χ1n) is 23.5. The van der Waals surface area contributed by atoms with E-state index < -0.39 is 65.4 Å². The molecule has 17 nitrogen and oxygen atoms in total. The van der Waals surface area contributed by atoms with Crippen molar-refractivity contribution in [3.05, 3.63) is 45.5 Å². The number of hydrogen-bond donors (Lipinski definition) is 4. The molecule has 66 heavy (non-hydrogen) atoms. The molecule has 1 saturated carbocycles. The quantitative estimate of drug-likeness (QED) is 0.161. The van der Waals surface area contributed by atoms with E-state index in [1.165, 1.54) is 33.2 Å². The lowest BCUT2D eigenvalue weighted by Crippen LogP contribution is -2.62. The number of aromatic nitrogens is 2. The molecule has 1 aliphatic carbocycles. The number of thiazole rings is 1. The van der Waals surface area contributed by atoms with Gasteiger partial charge in [-0.2, -0.15) is 0 Å². The Bertz CT molecular complexity index is 2420. The van der Waals surface area contributed by atoms with Crippen molar-refractivity contribution in [3.63, 3.8) is 0 Å². The minimum atomic E-state index is -1.10. The number of hydrogen-bond acceptors (Lipinski definition) is 13. The van der Waals surface area contributed by atoms with Gasteiger partial charge in [0.05, 0.1) is 41.3 Å². The summed E-state index contributed by atoms with van der Waals surface area (Å²) in [5.41, 5.74) is 9.70. The lowest BCUT2D eigenvalue weighted by atomic mass is 9.83. The van der Waals surface area contributed by atoms with Crippen LogP contribution >= 0.6 is 11.3 Å². The number of aliphatic hydroxyl groups excluding tert-OH is 1. The van der Waals surface area contributed by atoms with Crippen LogP contribution in [0.1, 0.15) is 95.3 Å². The van der Waals surface area contributed by atoms with Gasteiger partial charge < -0.3 is 34.3 Å². The first-order chi connectivity index (χ1) is 31.6. The molecule has 8 rings (SSSR count). The molecule has 0 unspecified atom stereocenters. The number of likely N-dealkylation sites (N-methyl/N-ethyl adjacent to an activating group) is 2. The van der Waals surface area contributed by atoms with Crippen molar-refractivity contribution in [3.8, 4) is 11.3 Å². The van der Waals surface area contributed by atoms with E-state index >= 15 is 0 Å². The van der Waals surface area contributed by atoms with E-state index in [0.717, 1.165) is 89.8 Å². The second kappa shape index (κ2) is 19.7. The molecule has 6 bridgehead atoms. The largest absolute Gasteiger partial charge is 0.464 e. The highest BCUT2D eigenvalue weighted by Crippen LogP contribution is 2.42. The number of allylic oxidation sites excluding steroid dienone is 1. The zero-order chi connectivity index (χ0) is 47.0. The number of hydrazine groups is 1. The highest BCUT2D eigenvalue weighted by atomic mass is 32.1. The third kappa shape index (κ3) is 9.84. The molecule has 6 heterocycles. The smallest absolute Gasteiger partial charge is 0.324 e. The minimum Gasteiger partial charge on any atom is -0.464 e. The van der Waals surface area contributed by atoms with E-state index in [0.29, 0.717) is 30.8 Å². The molecule has 4 aliphatic heterocycles. The molecule has 1 aromatic carbocycles. The molecular weight excluding hydrogens is 863 g/mol. The number of benzene rings is 1. The number of carbonyl (C=O) groups is 5. The SMILES string of the molecule is CCn1c(C2=C([C@H](C)OC)N=CCC2)c2c3cc(ccc31)-c1csc(n1)C[C@H](NC(=O)[C@H](C1CCCC1)N(C)C(=O)CN(C)C(=O)[C@@H]1N[C@@H]1O)C(=O)N1CCC[C@H](N1)C(=O)OCC(C)(C)C2. The van der Waals surface area contributed by atoms with Gasteiger partial charge in [0, 0.05) is 79.8 Å². The average Bonchev–Trinajstić information content (AvgIpc) is 3.65. The Morgan fingerprint density at radius 2 is 1.89 bits per heavy atom. The summed E-state index contributed by atoms with van der Waals surface area (Å²) in [4.78, 5) is 82.4. The number of amides is 4. The van der Waals surface area contributed by atoms with Gasteiger partial charge in [0.25, 0.3) is 5.91 Å². The Morgan fingerprint density at radius 3 is 2.61 bits per heavy atom. The Labute approximate surface area is 390 Å². The number of aliphatic imine (C=N–C) groups is 1. The molecule has 4 N–H and O–H groups in total. The predicted octanol–water partition coefficient (Wildman–Crippen LogP) is 3.81. The third-order valence-corrected chi connectivity index (χ3v) is 14.8. The van der Waals surface area contributed by atoms with Crippen LogP contribution < -0.4 is 16.1 Å². The summed E-state index contributed by atoms with van der Waals surface area (Å²) in [7, 11) is 4.76. The molecule has 18 heteroatoms. The van der Waals surface area contributed by atoms with Gasteiger partial charge in [-0.1, -0.05) is 32.8 Å². The van der Waals surface area contributed by atoms with Crippen molar-refractivity contribution < 1.29 is 38.6 Å². The fraction of sp³-hybridized carbons (Fsp3) is 0.604. The number of esters is 1. The number of fused-ring (bicyclic) bond motifs is 6. The second-order valence-electron chi connectivity index (χ2n) is 19.3.